The molecule has 0 spiro atoms. The number of pyridine rings is 1. The molecule has 5 nitrogen and oxygen atoms in total. The van der Waals surface area contributed by atoms with Crippen LogP contribution in [0.4, 0.5) is 5.82 Å². The lowest BCUT2D eigenvalue weighted by atomic mass is 10.0. The molecule has 1 aliphatic rings. The Morgan fingerprint density at radius 2 is 2.40 bits per heavy atom. The molecule has 1 aromatic rings. The maximum atomic E-state index is 11.6. The van der Waals surface area contributed by atoms with Crippen molar-refractivity contribution < 1.29 is 9.53 Å². The second-order valence-corrected chi connectivity index (χ2v) is 3.41. The summed E-state index contributed by atoms with van der Waals surface area (Å²) in [6.07, 6.45) is 0. The van der Waals surface area contributed by atoms with E-state index in [2.05, 4.69) is 15.6 Å². The third-order valence-corrected chi connectivity index (χ3v) is 2.34. The average Bonchev–Trinajstić information content (AvgIpc) is 2.15. The molecule has 5 heteroatoms. The van der Waals surface area contributed by atoms with Gasteiger partial charge in [-0.15, -0.1) is 0 Å². The summed E-state index contributed by atoms with van der Waals surface area (Å²) in [5.74, 6) is 1.11. The third-order valence-electron chi connectivity index (χ3n) is 2.34. The summed E-state index contributed by atoms with van der Waals surface area (Å²) in [5.41, 5.74) is 0. The number of amides is 1. The van der Waals surface area contributed by atoms with Crippen molar-refractivity contribution in [1.82, 2.24) is 10.3 Å². The Bertz CT molecular complexity index is 363. The summed E-state index contributed by atoms with van der Waals surface area (Å²) in [6, 6.07) is 5.27. The molecule has 0 atom stereocenters. The predicted octanol–water partition coefficient (Wildman–Crippen LogP) is 0.248. The minimum Gasteiger partial charge on any atom is -0.481 e. The molecule has 1 aliphatic heterocycles. The molecular weight excluding hydrogens is 194 g/mol. The van der Waals surface area contributed by atoms with E-state index < -0.39 is 0 Å². The number of methoxy groups -OCH3 is 1. The van der Waals surface area contributed by atoms with Gasteiger partial charge in [0.15, 0.2) is 0 Å². The zero-order chi connectivity index (χ0) is 10.7. The Hall–Kier alpha value is -1.62. The van der Waals surface area contributed by atoms with Crippen molar-refractivity contribution >= 4 is 11.7 Å². The number of nitrogens with zero attached hydrogens (tertiary/aromatic N) is 1. The second-order valence-electron chi connectivity index (χ2n) is 3.41. The van der Waals surface area contributed by atoms with Gasteiger partial charge in [0.2, 0.25) is 11.8 Å². The molecule has 0 saturated carbocycles. The van der Waals surface area contributed by atoms with E-state index in [0.717, 1.165) is 13.1 Å². The van der Waals surface area contributed by atoms with Gasteiger partial charge in [-0.25, -0.2) is 0 Å². The zero-order valence-electron chi connectivity index (χ0n) is 8.49. The van der Waals surface area contributed by atoms with Gasteiger partial charge in [0.05, 0.1) is 13.0 Å². The summed E-state index contributed by atoms with van der Waals surface area (Å²) in [4.78, 5) is 15.7. The van der Waals surface area contributed by atoms with E-state index >= 15 is 0 Å². The van der Waals surface area contributed by atoms with Gasteiger partial charge >= 0.3 is 0 Å². The summed E-state index contributed by atoms with van der Waals surface area (Å²) in [6.45, 7) is 1.49. The van der Waals surface area contributed by atoms with Crippen LogP contribution in [0.15, 0.2) is 18.2 Å². The van der Waals surface area contributed by atoms with Gasteiger partial charge < -0.3 is 15.4 Å². The SMILES string of the molecule is COc1cccc(NC(=O)C2CNC2)n1. The molecule has 1 amide bonds. The molecule has 1 aromatic heterocycles. The normalized spacial score (nSPS) is 15.5. The molecule has 0 aliphatic carbocycles. The fourth-order valence-electron chi connectivity index (χ4n) is 1.30. The molecule has 15 heavy (non-hydrogen) atoms. The lowest BCUT2D eigenvalue weighted by molar-refractivity contribution is -0.121. The van der Waals surface area contributed by atoms with Crippen molar-refractivity contribution in [3.05, 3.63) is 18.2 Å². The molecule has 1 saturated heterocycles. The number of ether oxygens (including phenoxy) is 1. The number of anilines is 1. The van der Waals surface area contributed by atoms with Crippen LogP contribution in [0.3, 0.4) is 0 Å². The Morgan fingerprint density at radius 1 is 1.60 bits per heavy atom. The summed E-state index contributed by atoms with van der Waals surface area (Å²) in [7, 11) is 1.55. The molecule has 1 fully saturated rings. The molecule has 0 bridgehead atoms. The molecular formula is C10H13N3O2. The molecule has 0 radical (unpaired) electrons. The van der Waals surface area contributed by atoms with Crippen molar-refractivity contribution in [2.45, 2.75) is 0 Å². The van der Waals surface area contributed by atoms with Crippen molar-refractivity contribution in [3.8, 4) is 5.88 Å². The number of carbonyl (C=O) groups excluding carboxylic acids is 1. The lowest BCUT2D eigenvalue weighted by Crippen LogP contribution is -2.48. The van der Waals surface area contributed by atoms with Crippen molar-refractivity contribution in [3.63, 3.8) is 0 Å². The van der Waals surface area contributed by atoms with Gasteiger partial charge in [0.1, 0.15) is 5.82 Å². The van der Waals surface area contributed by atoms with E-state index in [-0.39, 0.29) is 11.8 Å². The fourth-order valence-corrected chi connectivity index (χ4v) is 1.30. The van der Waals surface area contributed by atoms with Crippen molar-refractivity contribution in [1.29, 1.82) is 0 Å². The summed E-state index contributed by atoms with van der Waals surface area (Å²) >= 11 is 0. The molecule has 80 valence electrons. The standard InChI is InChI=1S/C10H13N3O2/c1-15-9-4-2-3-8(12-9)13-10(14)7-5-11-6-7/h2-4,7,11H,5-6H2,1H3,(H,12,13,14). The molecule has 0 aromatic carbocycles. The smallest absolute Gasteiger partial charge is 0.231 e. The highest BCUT2D eigenvalue weighted by molar-refractivity contribution is 5.92. The zero-order valence-corrected chi connectivity index (χ0v) is 8.49. The molecule has 2 N–H and O–H groups in total. The van der Waals surface area contributed by atoms with Crippen molar-refractivity contribution in [2.24, 2.45) is 5.92 Å². The highest BCUT2D eigenvalue weighted by atomic mass is 16.5. The molecule has 2 rings (SSSR count). The van der Waals surface area contributed by atoms with E-state index in [0.29, 0.717) is 11.7 Å². The molecule has 0 unspecified atom stereocenters. The Labute approximate surface area is 87.8 Å². The first-order chi connectivity index (χ1) is 7.29. The number of rotatable bonds is 3. The summed E-state index contributed by atoms with van der Waals surface area (Å²) in [5, 5.41) is 5.79. The van der Waals surface area contributed by atoms with Crippen LogP contribution < -0.4 is 15.4 Å². The van der Waals surface area contributed by atoms with Crippen LogP contribution >= 0.6 is 0 Å². The highest BCUT2D eigenvalue weighted by Gasteiger charge is 2.24. The first-order valence-electron chi connectivity index (χ1n) is 4.82. The Balaban J connectivity index is 1.99. The van der Waals surface area contributed by atoms with Crippen LogP contribution in [-0.4, -0.2) is 31.1 Å². The van der Waals surface area contributed by atoms with E-state index in [9.17, 15) is 4.79 Å². The second kappa shape index (κ2) is 4.27. The monoisotopic (exact) mass is 207 g/mol. The van der Waals surface area contributed by atoms with Gasteiger partial charge in [-0.2, -0.15) is 4.98 Å². The van der Waals surface area contributed by atoms with Gasteiger partial charge in [-0.1, -0.05) is 6.07 Å². The van der Waals surface area contributed by atoms with Gasteiger partial charge in [-0.05, 0) is 6.07 Å². The minimum absolute atomic E-state index is 0.00880. The van der Waals surface area contributed by atoms with E-state index in [1.54, 1.807) is 25.3 Å². The van der Waals surface area contributed by atoms with Crippen LogP contribution in [0.1, 0.15) is 0 Å². The third kappa shape index (κ3) is 2.24. The van der Waals surface area contributed by atoms with Crippen molar-refractivity contribution in [2.75, 3.05) is 25.5 Å². The number of aromatic nitrogens is 1. The minimum atomic E-state index is 0.00880. The Kier molecular flexibility index (Phi) is 2.82. The van der Waals surface area contributed by atoms with Crippen LogP contribution in [-0.2, 0) is 4.79 Å². The Morgan fingerprint density at radius 3 is 3.00 bits per heavy atom. The van der Waals surface area contributed by atoms with Crippen LogP contribution in [0, 0.1) is 5.92 Å². The highest BCUT2D eigenvalue weighted by Crippen LogP contribution is 2.12. The first kappa shape index (κ1) is 9.92. The number of carbonyl (C=O) groups is 1. The van der Waals surface area contributed by atoms with E-state index in [1.807, 2.05) is 0 Å². The average molecular weight is 207 g/mol. The topological polar surface area (TPSA) is 63.2 Å². The maximum absolute atomic E-state index is 11.6. The van der Waals surface area contributed by atoms with Crippen LogP contribution in [0.25, 0.3) is 0 Å². The van der Waals surface area contributed by atoms with Gasteiger partial charge in [0, 0.05) is 19.2 Å². The number of hydrogen-bond acceptors (Lipinski definition) is 4. The number of hydrogen-bond donors (Lipinski definition) is 2. The number of nitrogens with one attached hydrogen (secondary N) is 2. The molecule has 2 heterocycles. The largest absolute Gasteiger partial charge is 0.481 e. The van der Waals surface area contributed by atoms with Crippen LogP contribution in [0.5, 0.6) is 5.88 Å². The van der Waals surface area contributed by atoms with E-state index in [4.69, 9.17) is 4.74 Å². The quantitative estimate of drug-likeness (QED) is 0.745. The van der Waals surface area contributed by atoms with E-state index in [1.165, 1.54) is 0 Å². The maximum Gasteiger partial charge on any atom is 0.231 e. The predicted molar refractivity (Wildman–Crippen MR) is 55.8 cm³/mol. The van der Waals surface area contributed by atoms with Crippen LogP contribution in [0.2, 0.25) is 0 Å². The first-order valence-corrected chi connectivity index (χ1v) is 4.82. The fraction of sp³-hybridized carbons (Fsp3) is 0.400. The van der Waals surface area contributed by atoms with Gasteiger partial charge in [-0.3, -0.25) is 4.79 Å². The summed E-state index contributed by atoms with van der Waals surface area (Å²) < 4.78 is 4.96. The lowest BCUT2D eigenvalue weighted by Gasteiger charge is -2.25. The van der Waals surface area contributed by atoms with Gasteiger partial charge in [0.25, 0.3) is 0 Å².